The van der Waals surface area contributed by atoms with Crippen LogP contribution in [-0.4, -0.2) is 17.4 Å². The number of thiocarbonyl (C=S) groups is 1. The highest BCUT2D eigenvalue weighted by atomic mass is 32.1. The summed E-state index contributed by atoms with van der Waals surface area (Å²) >= 11 is 4.81. The first-order valence-electron chi connectivity index (χ1n) is 6.53. The van der Waals surface area contributed by atoms with Crippen molar-refractivity contribution in [3.05, 3.63) is 0 Å². The zero-order valence-electron chi connectivity index (χ0n) is 10.9. The van der Waals surface area contributed by atoms with Crippen LogP contribution in [0.25, 0.3) is 0 Å². The fraction of sp³-hybridized carbons (Fsp3) is 0.846. The van der Waals surface area contributed by atoms with Crippen molar-refractivity contribution in [1.29, 1.82) is 0 Å². The standard InChI is InChI=1S/C13H24N2OS/c1-10(2)9-13(6-3-4-7-13)12(16)15-8-5-11(14)17/h10H,3-9H2,1-2H3,(H2,14,17)(H,15,16). The molecule has 1 saturated carbocycles. The molecule has 17 heavy (non-hydrogen) atoms. The highest BCUT2D eigenvalue weighted by Crippen LogP contribution is 2.43. The fourth-order valence-corrected chi connectivity index (χ4v) is 2.95. The van der Waals surface area contributed by atoms with Gasteiger partial charge in [0.25, 0.3) is 0 Å². The first kappa shape index (κ1) is 14.4. The number of nitrogens with one attached hydrogen (secondary N) is 1. The van der Waals surface area contributed by atoms with Crippen LogP contribution in [-0.2, 0) is 4.79 Å². The molecule has 0 aromatic rings. The quantitative estimate of drug-likeness (QED) is 0.717. The lowest BCUT2D eigenvalue weighted by Gasteiger charge is -2.29. The molecular weight excluding hydrogens is 232 g/mol. The summed E-state index contributed by atoms with van der Waals surface area (Å²) < 4.78 is 0. The average Bonchev–Trinajstić information content (AvgIpc) is 2.65. The Hall–Kier alpha value is -0.640. The van der Waals surface area contributed by atoms with Crippen molar-refractivity contribution in [1.82, 2.24) is 5.32 Å². The second-order valence-electron chi connectivity index (χ2n) is 5.56. The molecule has 0 heterocycles. The van der Waals surface area contributed by atoms with Gasteiger partial charge in [-0.05, 0) is 25.2 Å². The van der Waals surface area contributed by atoms with E-state index < -0.39 is 0 Å². The molecule has 1 aliphatic rings. The first-order valence-corrected chi connectivity index (χ1v) is 6.94. The summed E-state index contributed by atoms with van der Waals surface area (Å²) in [6, 6.07) is 0. The molecule has 0 radical (unpaired) electrons. The summed E-state index contributed by atoms with van der Waals surface area (Å²) in [6.45, 7) is 4.94. The molecule has 0 atom stereocenters. The number of hydrogen-bond acceptors (Lipinski definition) is 2. The molecule has 4 heteroatoms. The number of rotatable bonds is 6. The van der Waals surface area contributed by atoms with Gasteiger partial charge in [-0.2, -0.15) is 0 Å². The summed E-state index contributed by atoms with van der Waals surface area (Å²) in [5.74, 6) is 0.773. The molecule has 3 N–H and O–H groups in total. The predicted octanol–water partition coefficient (Wildman–Crippen LogP) is 2.39. The van der Waals surface area contributed by atoms with Crippen LogP contribution in [0, 0.1) is 11.3 Å². The van der Waals surface area contributed by atoms with Crippen molar-refractivity contribution in [2.75, 3.05) is 6.54 Å². The van der Waals surface area contributed by atoms with Gasteiger partial charge in [0.1, 0.15) is 0 Å². The van der Waals surface area contributed by atoms with Gasteiger partial charge in [0.15, 0.2) is 0 Å². The Kier molecular flexibility index (Phi) is 5.37. The zero-order valence-corrected chi connectivity index (χ0v) is 11.7. The van der Waals surface area contributed by atoms with E-state index in [0.29, 0.717) is 23.9 Å². The minimum absolute atomic E-state index is 0.121. The van der Waals surface area contributed by atoms with Gasteiger partial charge in [-0.15, -0.1) is 0 Å². The van der Waals surface area contributed by atoms with E-state index in [2.05, 4.69) is 19.2 Å². The van der Waals surface area contributed by atoms with E-state index in [1.54, 1.807) is 0 Å². The van der Waals surface area contributed by atoms with Crippen LogP contribution in [0.3, 0.4) is 0 Å². The van der Waals surface area contributed by atoms with Crippen LogP contribution < -0.4 is 11.1 Å². The Morgan fingerprint density at radius 2 is 2.00 bits per heavy atom. The molecule has 0 spiro atoms. The SMILES string of the molecule is CC(C)CC1(C(=O)NCCC(N)=S)CCCC1. The van der Waals surface area contributed by atoms with Crippen LogP contribution in [0.5, 0.6) is 0 Å². The Balaban J connectivity index is 2.52. The molecule has 3 nitrogen and oxygen atoms in total. The molecule has 0 aromatic carbocycles. The molecule has 1 amide bonds. The summed E-state index contributed by atoms with van der Waals surface area (Å²) in [4.78, 5) is 12.8. The highest BCUT2D eigenvalue weighted by Gasteiger charge is 2.40. The minimum Gasteiger partial charge on any atom is -0.393 e. The van der Waals surface area contributed by atoms with Gasteiger partial charge in [0.05, 0.1) is 4.99 Å². The molecule has 0 saturated heterocycles. The molecule has 1 rings (SSSR count). The van der Waals surface area contributed by atoms with E-state index in [0.717, 1.165) is 19.3 Å². The topological polar surface area (TPSA) is 55.1 Å². The summed E-state index contributed by atoms with van der Waals surface area (Å²) in [5.41, 5.74) is 5.31. The first-order chi connectivity index (χ1) is 7.96. The maximum absolute atomic E-state index is 12.3. The largest absolute Gasteiger partial charge is 0.393 e. The van der Waals surface area contributed by atoms with E-state index in [4.69, 9.17) is 18.0 Å². The van der Waals surface area contributed by atoms with Crippen molar-refractivity contribution < 1.29 is 4.79 Å². The van der Waals surface area contributed by atoms with Crippen LogP contribution in [0.15, 0.2) is 0 Å². The molecular formula is C13H24N2OS. The van der Waals surface area contributed by atoms with Crippen molar-refractivity contribution in [2.45, 2.75) is 52.4 Å². The molecule has 98 valence electrons. The fourth-order valence-electron chi connectivity index (χ4n) is 2.84. The second-order valence-corrected chi connectivity index (χ2v) is 6.08. The van der Waals surface area contributed by atoms with Crippen molar-refractivity contribution in [2.24, 2.45) is 17.1 Å². The molecule has 0 bridgehead atoms. The number of amides is 1. The number of carbonyl (C=O) groups excluding carboxylic acids is 1. The Morgan fingerprint density at radius 3 is 2.47 bits per heavy atom. The van der Waals surface area contributed by atoms with Gasteiger partial charge >= 0.3 is 0 Å². The van der Waals surface area contributed by atoms with E-state index in [1.165, 1.54) is 12.8 Å². The van der Waals surface area contributed by atoms with E-state index in [-0.39, 0.29) is 11.3 Å². The Bertz CT molecular complexity index is 283. The maximum Gasteiger partial charge on any atom is 0.226 e. The van der Waals surface area contributed by atoms with Gasteiger partial charge in [-0.1, -0.05) is 38.9 Å². The van der Waals surface area contributed by atoms with E-state index >= 15 is 0 Å². The lowest BCUT2D eigenvalue weighted by atomic mass is 9.77. The van der Waals surface area contributed by atoms with Gasteiger partial charge in [0.2, 0.25) is 5.91 Å². The predicted molar refractivity (Wildman–Crippen MR) is 74.8 cm³/mol. The van der Waals surface area contributed by atoms with Crippen LogP contribution in [0.2, 0.25) is 0 Å². The average molecular weight is 256 g/mol. The highest BCUT2D eigenvalue weighted by molar-refractivity contribution is 7.80. The number of carbonyl (C=O) groups is 1. The summed E-state index contributed by atoms with van der Waals surface area (Å²) in [5, 5.41) is 3.00. The maximum atomic E-state index is 12.3. The Morgan fingerprint density at radius 1 is 1.41 bits per heavy atom. The molecule has 1 aliphatic carbocycles. The number of nitrogens with two attached hydrogens (primary N) is 1. The molecule has 0 aromatic heterocycles. The van der Waals surface area contributed by atoms with Gasteiger partial charge in [-0.25, -0.2) is 0 Å². The second kappa shape index (κ2) is 6.34. The monoisotopic (exact) mass is 256 g/mol. The normalized spacial score (nSPS) is 18.3. The lowest BCUT2D eigenvalue weighted by Crippen LogP contribution is -2.41. The van der Waals surface area contributed by atoms with Crippen LogP contribution >= 0.6 is 12.2 Å². The Labute approximate surface area is 110 Å². The summed E-state index contributed by atoms with van der Waals surface area (Å²) in [6.07, 6.45) is 6.00. The van der Waals surface area contributed by atoms with Gasteiger partial charge in [-0.3, -0.25) is 4.79 Å². The van der Waals surface area contributed by atoms with Crippen LogP contribution in [0.4, 0.5) is 0 Å². The smallest absolute Gasteiger partial charge is 0.226 e. The summed E-state index contributed by atoms with van der Waals surface area (Å²) in [7, 11) is 0. The molecule has 0 unspecified atom stereocenters. The lowest BCUT2D eigenvalue weighted by molar-refractivity contribution is -0.131. The molecule has 0 aliphatic heterocycles. The van der Waals surface area contributed by atoms with Gasteiger partial charge in [0, 0.05) is 18.4 Å². The third-order valence-electron chi connectivity index (χ3n) is 3.50. The van der Waals surface area contributed by atoms with Crippen molar-refractivity contribution in [3.63, 3.8) is 0 Å². The third-order valence-corrected chi connectivity index (χ3v) is 3.70. The minimum atomic E-state index is -0.121. The van der Waals surface area contributed by atoms with Gasteiger partial charge < -0.3 is 11.1 Å². The van der Waals surface area contributed by atoms with Crippen molar-refractivity contribution in [3.8, 4) is 0 Å². The molecule has 1 fully saturated rings. The van der Waals surface area contributed by atoms with E-state index in [1.807, 2.05) is 0 Å². The van der Waals surface area contributed by atoms with Crippen LogP contribution in [0.1, 0.15) is 52.4 Å². The zero-order chi connectivity index (χ0) is 12.9. The van der Waals surface area contributed by atoms with E-state index in [9.17, 15) is 4.79 Å². The number of hydrogen-bond donors (Lipinski definition) is 2. The third kappa shape index (κ3) is 4.26. The van der Waals surface area contributed by atoms with Crippen molar-refractivity contribution >= 4 is 23.1 Å².